The molecule has 1 atom stereocenters. The Bertz CT molecular complexity index is 477. The van der Waals surface area contributed by atoms with Crippen molar-refractivity contribution in [2.24, 2.45) is 0 Å². The molecule has 0 aliphatic carbocycles. The third-order valence-electron chi connectivity index (χ3n) is 3.74. The highest BCUT2D eigenvalue weighted by Gasteiger charge is 2.19. The second-order valence-corrected chi connectivity index (χ2v) is 4.71. The minimum Gasteiger partial charge on any atom is -0.364 e. The molecule has 0 aliphatic rings. The molecule has 0 aromatic carbocycles. The van der Waals surface area contributed by atoms with Gasteiger partial charge >= 0.3 is 0 Å². The van der Waals surface area contributed by atoms with Crippen molar-refractivity contribution in [2.75, 3.05) is 0 Å². The Morgan fingerprint density at radius 1 is 1.24 bits per heavy atom. The van der Waals surface area contributed by atoms with Gasteiger partial charge in [-0.2, -0.15) is 0 Å². The first-order chi connectivity index (χ1) is 8.19. The van der Waals surface area contributed by atoms with Gasteiger partial charge in [-0.05, 0) is 49.9 Å². The van der Waals surface area contributed by atoms with Crippen molar-refractivity contribution in [1.29, 1.82) is 0 Å². The molecule has 0 bridgehead atoms. The maximum Gasteiger partial charge on any atom is 0.0392 e. The van der Waals surface area contributed by atoms with E-state index in [0.717, 1.165) is 12.8 Å². The normalized spacial score (nSPS) is 12.9. The molecule has 17 heavy (non-hydrogen) atoms. The van der Waals surface area contributed by atoms with Gasteiger partial charge in [0.1, 0.15) is 0 Å². The molecule has 2 N–H and O–H groups in total. The molecular weight excluding hydrogens is 208 g/mol. The van der Waals surface area contributed by atoms with Crippen molar-refractivity contribution in [3.05, 3.63) is 46.5 Å². The summed E-state index contributed by atoms with van der Waals surface area (Å²) in [4.78, 5) is 6.92. The predicted octanol–water partition coefficient (Wildman–Crippen LogP) is 4.06. The lowest BCUT2D eigenvalue weighted by molar-refractivity contribution is 0.728. The molecule has 2 heterocycles. The fourth-order valence-electron chi connectivity index (χ4n) is 2.83. The van der Waals surface area contributed by atoms with Crippen LogP contribution in [0.15, 0.2) is 18.3 Å². The Labute approximate surface area is 103 Å². The summed E-state index contributed by atoms with van der Waals surface area (Å²) in [6.07, 6.45) is 4.23. The van der Waals surface area contributed by atoms with E-state index in [4.69, 9.17) is 0 Å². The standard InChI is InChI=1S/C15H22N2/c1-5-12-10(3)15(17-11(12)4)13(6-2)14-8-7-9-16-14/h7-9,13,16-17H,5-6H2,1-4H3. The summed E-state index contributed by atoms with van der Waals surface area (Å²) >= 11 is 0. The summed E-state index contributed by atoms with van der Waals surface area (Å²) in [5.74, 6) is 0.462. The third-order valence-corrected chi connectivity index (χ3v) is 3.74. The molecule has 0 amide bonds. The van der Waals surface area contributed by atoms with Gasteiger partial charge < -0.3 is 9.97 Å². The molecule has 1 unspecified atom stereocenters. The monoisotopic (exact) mass is 230 g/mol. The van der Waals surface area contributed by atoms with Crippen LogP contribution in [0.25, 0.3) is 0 Å². The number of aryl methyl sites for hydroxylation is 1. The topological polar surface area (TPSA) is 31.6 Å². The lowest BCUT2D eigenvalue weighted by Gasteiger charge is -2.13. The lowest BCUT2D eigenvalue weighted by atomic mass is 9.94. The van der Waals surface area contributed by atoms with Crippen LogP contribution in [0.2, 0.25) is 0 Å². The summed E-state index contributed by atoms with van der Waals surface area (Å²) < 4.78 is 0. The van der Waals surface area contributed by atoms with Crippen LogP contribution in [-0.4, -0.2) is 9.97 Å². The van der Waals surface area contributed by atoms with Crippen LogP contribution < -0.4 is 0 Å². The smallest absolute Gasteiger partial charge is 0.0392 e. The molecule has 2 aromatic rings. The number of hydrogen-bond acceptors (Lipinski definition) is 0. The van der Waals surface area contributed by atoms with E-state index >= 15 is 0 Å². The molecule has 2 heteroatoms. The number of aromatic amines is 2. The average Bonchev–Trinajstić information content (AvgIpc) is 2.91. The SMILES string of the molecule is CCc1c(C)[nH]c(C(CC)c2ccc[nH]2)c1C. The molecule has 2 nitrogen and oxygen atoms in total. The van der Waals surface area contributed by atoms with Crippen molar-refractivity contribution in [3.63, 3.8) is 0 Å². The van der Waals surface area contributed by atoms with E-state index in [0.29, 0.717) is 5.92 Å². The highest BCUT2D eigenvalue weighted by atomic mass is 14.8. The van der Waals surface area contributed by atoms with Gasteiger partial charge in [-0.3, -0.25) is 0 Å². The zero-order valence-corrected chi connectivity index (χ0v) is 11.2. The quantitative estimate of drug-likeness (QED) is 0.793. The van der Waals surface area contributed by atoms with Crippen molar-refractivity contribution >= 4 is 0 Å². The van der Waals surface area contributed by atoms with E-state index in [2.05, 4.69) is 49.8 Å². The zero-order valence-electron chi connectivity index (χ0n) is 11.2. The largest absolute Gasteiger partial charge is 0.364 e. The fraction of sp³-hybridized carbons (Fsp3) is 0.467. The van der Waals surface area contributed by atoms with Gasteiger partial charge in [-0.15, -0.1) is 0 Å². The first-order valence-electron chi connectivity index (χ1n) is 6.50. The Kier molecular flexibility index (Phi) is 3.41. The average molecular weight is 230 g/mol. The summed E-state index contributed by atoms with van der Waals surface area (Å²) in [6, 6.07) is 4.25. The Morgan fingerprint density at radius 2 is 2.00 bits per heavy atom. The molecule has 2 aromatic heterocycles. The molecule has 92 valence electrons. The number of hydrogen-bond donors (Lipinski definition) is 2. The van der Waals surface area contributed by atoms with E-state index < -0.39 is 0 Å². The number of nitrogens with one attached hydrogen (secondary N) is 2. The zero-order chi connectivity index (χ0) is 12.4. The fourth-order valence-corrected chi connectivity index (χ4v) is 2.83. The van der Waals surface area contributed by atoms with E-state index in [1.807, 2.05) is 6.20 Å². The van der Waals surface area contributed by atoms with Crippen LogP contribution in [0.4, 0.5) is 0 Å². The minimum absolute atomic E-state index is 0.462. The van der Waals surface area contributed by atoms with Gasteiger partial charge in [0, 0.05) is 29.2 Å². The third kappa shape index (κ3) is 2.04. The number of aromatic nitrogens is 2. The molecule has 0 fully saturated rings. The highest BCUT2D eigenvalue weighted by molar-refractivity contribution is 5.40. The van der Waals surface area contributed by atoms with Crippen LogP contribution in [-0.2, 0) is 6.42 Å². The minimum atomic E-state index is 0.462. The Balaban J connectivity index is 2.45. The molecule has 2 rings (SSSR count). The Morgan fingerprint density at radius 3 is 2.47 bits per heavy atom. The first-order valence-corrected chi connectivity index (χ1v) is 6.50. The first kappa shape index (κ1) is 12.0. The summed E-state index contributed by atoms with van der Waals surface area (Å²) in [5, 5.41) is 0. The van der Waals surface area contributed by atoms with Gasteiger partial charge in [0.2, 0.25) is 0 Å². The molecule has 0 saturated carbocycles. The Hall–Kier alpha value is -1.44. The van der Waals surface area contributed by atoms with Gasteiger partial charge in [0.15, 0.2) is 0 Å². The van der Waals surface area contributed by atoms with Gasteiger partial charge in [-0.25, -0.2) is 0 Å². The van der Waals surface area contributed by atoms with E-state index in [1.165, 1.54) is 28.2 Å². The maximum atomic E-state index is 3.58. The van der Waals surface area contributed by atoms with Crippen LogP contribution in [0, 0.1) is 13.8 Å². The summed E-state index contributed by atoms with van der Waals surface area (Å²) in [7, 11) is 0. The number of H-pyrrole nitrogens is 2. The molecule has 0 radical (unpaired) electrons. The molecular formula is C15H22N2. The van der Waals surface area contributed by atoms with Crippen molar-refractivity contribution in [1.82, 2.24) is 9.97 Å². The van der Waals surface area contributed by atoms with E-state index in [9.17, 15) is 0 Å². The molecule has 0 aliphatic heterocycles. The summed E-state index contributed by atoms with van der Waals surface area (Å²) in [5.41, 5.74) is 6.92. The van der Waals surface area contributed by atoms with Gasteiger partial charge in [-0.1, -0.05) is 13.8 Å². The summed E-state index contributed by atoms with van der Waals surface area (Å²) in [6.45, 7) is 8.88. The van der Waals surface area contributed by atoms with Crippen LogP contribution in [0.1, 0.15) is 54.4 Å². The number of rotatable bonds is 4. The van der Waals surface area contributed by atoms with Crippen LogP contribution in [0.3, 0.4) is 0 Å². The van der Waals surface area contributed by atoms with Gasteiger partial charge in [0.05, 0.1) is 0 Å². The second-order valence-electron chi connectivity index (χ2n) is 4.71. The van der Waals surface area contributed by atoms with E-state index in [-0.39, 0.29) is 0 Å². The van der Waals surface area contributed by atoms with Crippen molar-refractivity contribution < 1.29 is 0 Å². The van der Waals surface area contributed by atoms with E-state index in [1.54, 1.807) is 0 Å². The van der Waals surface area contributed by atoms with Crippen molar-refractivity contribution in [2.45, 2.75) is 46.5 Å². The lowest BCUT2D eigenvalue weighted by Crippen LogP contribution is -2.02. The van der Waals surface area contributed by atoms with Crippen LogP contribution in [0.5, 0.6) is 0 Å². The van der Waals surface area contributed by atoms with Crippen LogP contribution >= 0.6 is 0 Å². The van der Waals surface area contributed by atoms with Crippen molar-refractivity contribution in [3.8, 4) is 0 Å². The maximum absolute atomic E-state index is 3.58. The molecule has 0 saturated heterocycles. The predicted molar refractivity (Wildman–Crippen MR) is 72.6 cm³/mol. The highest BCUT2D eigenvalue weighted by Crippen LogP contribution is 2.31. The molecule has 0 spiro atoms. The second kappa shape index (κ2) is 4.82. The van der Waals surface area contributed by atoms with Gasteiger partial charge in [0.25, 0.3) is 0 Å².